The highest BCUT2D eigenvalue weighted by Crippen LogP contribution is 2.27. The van der Waals surface area contributed by atoms with Crippen LogP contribution in [0.25, 0.3) is 0 Å². The van der Waals surface area contributed by atoms with Crippen LogP contribution in [0.1, 0.15) is 68.2 Å². The van der Waals surface area contributed by atoms with E-state index in [0.29, 0.717) is 6.61 Å². The lowest BCUT2D eigenvalue weighted by molar-refractivity contribution is -0.175. The molecule has 0 spiro atoms. The third-order valence-electron chi connectivity index (χ3n) is 3.55. The summed E-state index contributed by atoms with van der Waals surface area (Å²) < 4.78 is 17.7. The zero-order valence-electron chi connectivity index (χ0n) is 15.2. The number of aliphatic hydroxyl groups excluding tert-OH is 1. The summed E-state index contributed by atoms with van der Waals surface area (Å²) in [6, 6.07) is 0. The van der Waals surface area contributed by atoms with Gasteiger partial charge in [-0.25, -0.2) is 0 Å². The Morgan fingerprint density at radius 1 is 1.05 bits per heavy atom. The lowest BCUT2D eigenvalue weighted by atomic mass is 9.97. The Morgan fingerprint density at radius 2 is 1.62 bits per heavy atom. The molecule has 0 aromatic rings. The van der Waals surface area contributed by atoms with Gasteiger partial charge in [0.1, 0.15) is 0 Å². The highest BCUT2D eigenvalue weighted by molar-refractivity contribution is 4.82. The molecule has 1 N–H and O–H groups in total. The van der Waals surface area contributed by atoms with Crippen molar-refractivity contribution in [2.24, 2.45) is 0 Å². The summed E-state index contributed by atoms with van der Waals surface area (Å²) in [5.74, 6) is 0. The summed E-state index contributed by atoms with van der Waals surface area (Å²) in [7, 11) is 0. The molecule has 0 saturated heterocycles. The Morgan fingerprint density at radius 3 is 2.10 bits per heavy atom. The summed E-state index contributed by atoms with van der Waals surface area (Å²) >= 11 is 0. The maximum atomic E-state index is 9.26. The predicted octanol–water partition coefficient (Wildman–Crippen LogP) is 3.55. The second kappa shape index (κ2) is 9.09. The Balaban J connectivity index is 4.37. The van der Waals surface area contributed by atoms with E-state index in [1.807, 2.05) is 6.92 Å². The second-order valence-electron chi connectivity index (χ2n) is 7.17. The monoisotopic (exact) mass is 304 g/mol. The number of hydrogen-bond donors (Lipinski definition) is 1. The zero-order chi connectivity index (χ0) is 16.7. The first-order valence-corrected chi connectivity index (χ1v) is 8.11. The maximum absolute atomic E-state index is 9.26. The van der Waals surface area contributed by atoms with Crippen molar-refractivity contribution in [1.82, 2.24) is 0 Å². The first-order chi connectivity index (χ1) is 9.50. The largest absolute Gasteiger partial charge is 0.391 e. The summed E-state index contributed by atoms with van der Waals surface area (Å²) in [6.07, 6.45) is 1.37. The molecule has 4 nitrogen and oxygen atoms in total. The average Bonchev–Trinajstić information content (AvgIpc) is 2.32. The van der Waals surface area contributed by atoms with Crippen LogP contribution in [0, 0.1) is 0 Å². The van der Waals surface area contributed by atoms with Crippen LogP contribution in [0.4, 0.5) is 0 Å². The predicted molar refractivity (Wildman–Crippen MR) is 86.7 cm³/mol. The molecule has 0 radical (unpaired) electrons. The van der Waals surface area contributed by atoms with Gasteiger partial charge in [-0.15, -0.1) is 0 Å². The topological polar surface area (TPSA) is 47.9 Å². The van der Waals surface area contributed by atoms with E-state index in [2.05, 4.69) is 41.5 Å². The SMILES string of the molecule is CCCOC(C)(C)C(C)OC(C)(C)CC(C)OCC(C)O. The third kappa shape index (κ3) is 9.46. The fourth-order valence-electron chi connectivity index (χ4n) is 2.21. The molecule has 0 bridgehead atoms. The summed E-state index contributed by atoms with van der Waals surface area (Å²) in [5.41, 5.74) is -0.610. The van der Waals surface area contributed by atoms with Crippen molar-refractivity contribution in [3.63, 3.8) is 0 Å². The molecule has 0 aliphatic rings. The van der Waals surface area contributed by atoms with Gasteiger partial charge >= 0.3 is 0 Å². The molecular weight excluding hydrogens is 268 g/mol. The normalized spacial score (nSPS) is 17.6. The fraction of sp³-hybridized carbons (Fsp3) is 1.00. The highest BCUT2D eigenvalue weighted by atomic mass is 16.6. The Hall–Kier alpha value is -0.160. The van der Waals surface area contributed by atoms with Crippen LogP contribution in [0.5, 0.6) is 0 Å². The van der Waals surface area contributed by atoms with Crippen LogP contribution in [-0.4, -0.2) is 47.8 Å². The van der Waals surface area contributed by atoms with Gasteiger partial charge in [-0.3, -0.25) is 0 Å². The van der Waals surface area contributed by atoms with Gasteiger partial charge in [0.05, 0.1) is 36.1 Å². The van der Waals surface area contributed by atoms with Gasteiger partial charge in [0.2, 0.25) is 0 Å². The van der Waals surface area contributed by atoms with E-state index in [4.69, 9.17) is 14.2 Å². The molecule has 4 heteroatoms. The number of hydrogen-bond acceptors (Lipinski definition) is 4. The Kier molecular flexibility index (Phi) is 9.02. The molecule has 0 heterocycles. The van der Waals surface area contributed by atoms with Gasteiger partial charge in [0, 0.05) is 13.0 Å². The molecule has 0 fully saturated rings. The molecule has 3 atom stereocenters. The molecule has 21 heavy (non-hydrogen) atoms. The van der Waals surface area contributed by atoms with Crippen molar-refractivity contribution in [2.45, 2.75) is 97.7 Å². The number of ether oxygens (including phenoxy) is 3. The minimum absolute atomic E-state index is 0.0111. The minimum atomic E-state index is -0.434. The van der Waals surface area contributed by atoms with Gasteiger partial charge in [-0.1, -0.05) is 6.92 Å². The first kappa shape index (κ1) is 20.8. The van der Waals surface area contributed by atoms with E-state index < -0.39 is 6.10 Å². The van der Waals surface area contributed by atoms with E-state index in [9.17, 15) is 5.11 Å². The van der Waals surface area contributed by atoms with Crippen molar-refractivity contribution in [3.05, 3.63) is 0 Å². The van der Waals surface area contributed by atoms with Crippen LogP contribution in [-0.2, 0) is 14.2 Å². The van der Waals surface area contributed by atoms with Crippen molar-refractivity contribution in [2.75, 3.05) is 13.2 Å². The molecule has 0 aliphatic carbocycles. The molecule has 0 amide bonds. The molecular formula is C17H36O4. The molecule has 0 aliphatic heterocycles. The van der Waals surface area contributed by atoms with E-state index in [1.165, 1.54) is 0 Å². The molecule has 0 rings (SSSR count). The van der Waals surface area contributed by atoms with Crippen LogP contribution < -0.4 is 0 Å². The van der Waals surface area contributed by atoms with E-state index >= 15 is 0 Å². The third-order valence-corrected chi connectivity index (χ3v) is 3.55. The summed E-state index contributed by atoms with van der Waals surface area (Å²) in [6.45, 7) is 17.3. The summed E-state index contributed by atoms with van der Waals surface area (Å²) in [4.78, 5) is 0. The van der Waals surface area contributed by atoms with Gasteiger partial charge in [-0.2, -0.15) is 0 Å². The molecule has 128 valence electrons. The molecule has 0 aromatic heterocycles. The maximum Gasteiger partial charge on any atom is 0.0884 e. The van der Waals surface area contributed by atoms with Crippen LogP contribution in [0.2, 0.25) is 0 Å². The van der Waals surface area contributed by atoms with E-state index in [0.717, 1.165) is 19.4 Å². The zero-order valence-corrected chi connectivity index (χ0v) is 15.2. The van der Waals surface area contributed by atoms with Crippen LogP contribution >= 0.6 is 0 Å². The van der Waals surface area contributed by atoms with Gasteiger partial charge in [0.25, 0.3) is 0 Å². The van der Waals surface area contributed by atoms with Gasteiger partial charge < -0.3 is 19.3 Å². The van der Waals surface area contributed by atoms with Crippen molar-refractivity contribution >= 4 is 0 Å². The Bertz CT molecular complexity index is 274. The Labute approximate surface area is 131 Å². The standard InChI is InChI=1S/C17H36O4/c1-9-10-20-17(7,8)15(4)21-16(5,6)11-14(3)19-12-13(2)18/h13-15,18H,9-12H2,1-8H3. The summed E-state index contributed by atoms with van der Waals surface area (Å²) in [5, 5.41) is 9.26. The molecule has 0 aromatic carbocycles. The quantitative estimate of drug-likeness (QED) is 0.634. The molecule has 3 unspecified atom stereocenters. The lowest BCUT2D eigenvalue weighted by Gasteiger charge is -2.38. The first-order valence-electron chi connectivity index (χ1n) is 8.11. The second-order valence-corrected chi connectivity index (χ2v) is 7.17. The van der Waals surface area contributed by atoms with Gasteiger partial charge in [-0.05, 0) is 54.9 Å². The van der Waals surface area contributed by atoms with Crippen molar-refractivity contribution in [1.29, 1.82) is 0 Å². The van der Waals surface area contributed by atoms with Crippen LogP contribution in [0.15, 0.2) is 0 Å². The van der Waals surface area contributed by atoms with E-state index in [1.54, 1.807) is 6.92 Å². The van der Waals surface area contributed by atoms with Crippen molar-refractivity contribution < 1.29 is 19.3 Å². The van der Waals surface area contributed by atoms with E-state index in [-0.39, 0.29) is 23.4 Å². The minimum Gasteiger partial charge on any atom is -0.391 e. The number of rotatable bonds is 11. The highest BCUT2D eigenvalue weighted by Gasteiger charge is 2.33. The van der Waals surface area contributed by atoms with Crippen LogP contribution in [0.3, 0.4) is 0 Å². The smallest absolute Gasteiger partial charge is 0.0884 e. The lowest BCUT2D eigenvalue weighted by Crippen LogP contribution is -2.45. The van der Waals surface area contributed by atoms with Gasteiger partial charge in [0.15, 0.2) is 0 Å². The molecule has 0 saturated carbocycles. The number of aliphatic hydroxyl groups is 1. The van der Waals surface area contributed by atoms with Crippen molar-refractivity contribution in [3.8, 4) is 0 Å². The fourth-order valence-corrected chi connectivity index (χ4v) is 2.21. The average molecular weight is 304 g/mol.